The molecule has 0 radical (unpaired) electrons. The average molecular weight is 448 g/mol. The quantitative estimate of drug-likeness (QED) is 0.456. The molecule has 29 heavy (non-hydrogen) atoms. The van der Waals surface area contributed by atoms with Gasteiger partial charge in [0.2, 0.25) is 0 Å². The molecule has 1 N–H and O–H groups in total. The second-order valence-electron chi connectivity index (χ2n) is 5.92. The van der Waals surface area contributed by atoms with Crippen LogP contribution >= 0.6 is 23.4 Å². The molecule has 1 aliphatic heterocycles. The van der Waals surface area contributed by atoms with E-state index < -0.39 is 11.4 Å². The van der Waals surface area contributed by atoms with E-state index in [-0.39, 0.29) is 11.5 Å². The Kier molecular flexibility index (Phi) is 4.82. The Hall–Kier alpha value is -2.53. The van der Waals surface area contributed by atoms with Crippen LogP contribution in [-0.2, 0) is 5.75 Å². The van der Waals surface area contributed by atoms with Crippen LogP contribution in [0.15, 0.2) is 29.6 Å². The molecule has 154 valence electrons. The number of thioether (sulfide) groups is 1. The van der Waals surface area contributed by atoms with Crippen LogP contribution in [0.1, 0.15) is 5.69 Å². The summed E-state index contributed by atoms with van der Waals surface area (Å²) in [7, 11) is 3.04. The predicted molar refractivity (Wildman–Crippen MR) is 98.9 cm³/mol. The molecule has 1 aromatic carbocycles. The average Bonchev–Trinajstić information content (AvgIpc) is 3.06. The number of hydrogen-bond donors (Lipinski definition) is 1. The molecule has 1 aliphatic rings. The molecule has 0 saturated heterocycles. The van der Waals surface area contributed by atoms with E-state index in [2.05, 4.69) is 24.4 Å². The van der Waals surface area contributed by atoms with Gasteiger partial charge in [-0.05, 0) is 11.6 Å². The summed E-state index contributed by atoms with van der Waals surface area (Å²) in [5.41, 5.74) is 1.49. The van der Waals surface area contributed by atoms with Crippen LogP contribution in [0, 0.1) is 0 Å². The summed E-state index contributed by atoms with van der Waals surface area (Å²) in [5.74, 6) is 0.876. The number of aromatic nitrogens is 3. The molecule has 0 bridgehead atoms. The van der Waals surface area contributed by atoms with Gasteiger partial charge >= 0.3 is 11.4 Å². The third-order valence-corrected chi connectivity index (χ3v) is 5.23. The highest BCUT2D eigenvalue weighted by Gasteiger charge is 2.63. The van der Waals surface area contributed by atoms with Gasteiger partial charge in [-0.3, -0.25) is 4.98 Å². The van der Waals surface area contributed by atoms with Gasteiger partial charge in [-0.25, -0.2) is 4.98 Å². The molecule has 7 nitrogen and oxygen atoms in total. The fourth-order valence-corrected chi connectivity index (χ4v) is 3.53. The minimum Gasteiger partial charge on any atom is -0.493 e. The van der Waals surface area contributed by atoms with Gasteiger partial charge in [-0.15, -0.1) is 0 Å². The van der Waals surface area contributed by atoms with E-state index in [1.807, 2.05) is 0 Å². The van der Waals surface area contributed by atoms with E-state index in [9.17, 15) is 13.2 Å². The molecule has 0 aliphatic carbocycles. The first kappa shape index (κ1) is 19.8. The fraction of sp³-hybridized carbons (Fsp3) is 0.294. The maximum absolute atomic E-state index is 13.8. The molecule has 3 aromatic rings. The predicted octanol–water partition coefficient (Wildman–Crippen LogP) is 4.49. The Morgan fingerprint density at radius 2 is 1.83 bits per heavy atom. The summed E-state index contributed by atoms with van der Waals surface area (Å²) in [4.78, 5) is 11.6. The third-order valence-electron chi connectivity index (χ3n) is 4.03. The van der Waals surface area contributed by atoms with Crippen molar-refractivity contribution in [3.8, 4) is 23.0 Å². The second kappa shape index (κ2) is 7.06. The van der Waals surface area contributed by atoms with Gasteiger partial charge in [-0.2, -0.15) is 13.2 Å². The number of ether oxygens (including phenoxy) is 4. The first-order chi connectivity index (χ1) is 13.7. The lowest BCUT2D eigenvalue weighted by Gasteiger charge is -2.33. The number of nitrogens with one attached hydrogen (secondary N) is 1. The van der Waals surface area contributed by atoms with Crippen molar-refractivity contribution in [1.82, 2.24) is 15.0 Å². The number of nitrogens with zero attached hydrogens (tertiary/aromatic N) is 2. The van der Waals surface area contributed by atoms with Gasteiger partial charge in [-0.1, -0.05) is 11.8 Å². The van der Waals surface area contributed by atoms with E-state index in [0.717, 1.165) is 0 Å². The molecule has 2 aromatic heterocycles. The lowest BCUT2D eigenvalue weighted by molar-refractivity contribution is -0.303. The summed E-state index contributed by atoms with van der Waals surface area (Å²) in [6.45, 7) is 0. The minimum atomic E-state index is -4.34. The van der Waals surface area contributed by atoms with Gasteiger partial charge in [0.25, 0.3) is 0 Å². The fourth-order valence-electron chi connectivity index (χ4n) is 2.62. The zero-order chi connectivity index (χ0) is 20.8. The number of hydrogen-bond acceptors (Lipinski definition) is 7. The van der Waals surface area contributed by atoms with Crippen LogP contribution in [0.3, 0.4) is 0 Å². The highest BCUT2D eigenvalue weighted by Crippen LogP contribution is 2.49. The van der Waals surface area contributed by atoms with Crippen LogP contribution in [0.5, 0.6) is 23.0 Å². The molecule has 1 atom stereocenters. The van der Waals surface area contributed by atoms with Crippen molar-refractivity contribution < 1.29 is 32.1 Å². The Morgan fingerprint density at radius 1 is 1.10 bits per heavy atom. The monoisotopic (exact) mass is 447 g/mol. The van der Waals surface area contributed by atoms with Crippen molar-refractivity contribution >= 4 is 34.4 Å². The zero-order valence-corrected chi connectivity index (χ0v) is 16.5. The number of methoxy groups -OCH3 is 2. The maximum Gasteiger partial charge on any atom is 0.488 e. The first-order valence-electron chi connectivity index (χ1n) is 8.09. The van der Waals surface area contributed by atoms with E-state index in [4.69, 9.17) is 21.1 Å². The molecule has 4 rings (SSSR count). The van der Waals surface area contributed by atoms with E-state index in [1.54, 1.807) is 12.3 Å². The van der Waals surface area contributed by atoms with Crippen LogP contribution in [0.4, 0.5) is 13.2 Å². The minimum absolute atomic E-state index is 0.273. The molecule has 1 unspecified atom stereocenters. The van der Waals surface area contributed by atoms with E-state index >= 15 is 0 Å². The number of pyridine rings is 1. The van der Waals surface area contributed by atoms with Gasteiger partial charge in [0.1, 0.15) is 0 Å². The number of H-pyrrole nitrogens is 1. The van der Waals surface area contributed by atoms with Crippen LogP contribution < -0.4 is 18.9 Å². The third kappa shape index (κ3) is 3.60. The lowest BCUT2D eigenvalue weighted by atomic mass is 10.2. The first-order valence-corrected chi connectivity index (χ1v) is 9.46. The number of imidazole rings is 1. The molecule has 0 saturated carbocycles. The number of fused-ring (bicyclic) bond motifs is 2. The van der Waals surface area contributed by atoms with Crippen LogP contribution in [0.25, 0.3) is 11.0 Å². The van der Waals surface area contributed by atoms with E-state index in [1.165, 1.54) is 38.1 Å². The summed E-state index contributed by atoms with van der Waals surface area (Å²) >= 11 is 6.41. The zero-order valence-electron chi connectivity index (χ0n) is 15.0. The SMILES string of the molecule is COc1cnc(CSc2nc3cc4c(cc3[nH]2)OC(F)(F)C(F)(Cl)O4)cc1OC. The number of benzene rings is 1. The molecule has 3 heterocycles. The van der Waals surface area contributed by atoms with Gasteiger partial charge in [0.05, 0.1) is 37.1 Å². The topological polar surface area (TPSA) is 78.5 Å². The highest BCUT2D eigenvalue weighted by molar-refractivity contribution is 7.98. The molecule has 0 fully saturated rings. The van der Waals surface area contributed by atoms with Crippen molar-refractivity contribution in [2.75, 3.05) is 14.2 Å². The number of rotatable bonds is 5. The normalized spacial score (nSPS) is 19.9. The largest absolute Gasteiger partial charge is 0.493 e. The Balaban J connectivity index is 1.56. The van der Waals surface area contributed by atoms with Gasteiger partial charge in [0, 0.05) is 24.0 Å². The molecular weight excluding hydrogens is 435 g/mol. The van der Waals surface area contributed by atoms with E-state index in [0.29, 0.717) is 39.1 Å². The number of alkyl halides is 4. The smallest absolute Gasteiger partial charge is 0.488 e. The molecule has 12 heteroatoms. The van der Waals surface area contributed by atoms with Crippen molar-refractivity contribution in [2.24, 2.45) is 0 Å². The summed E-state index contributed by atoms with van der Waals surface area (Å²) in [6.07, 6.45) is -2.79. The summed E-state index contributed by atoms with van der Waals surface area (Å²) in [5, 5.41) is -3.32. The molecule has 0 spiro atoms. The van der Waals surface area contributed by atoms with Crippen molar-refractivity contribution in [1.29, 1.82) is 0 Å². The van der Waals surface area contributed by atoms with Gasteiger partial charge in [0.15, 0.2) is 28.2 Å². The Bertz CT molecular complexity index is 1030. The van der Waals surface area contributed by atoms with Crippen molar-refractivity contribution in [2.45, 2.75) is 22.3 Å². The summed E-state index contributed by atoms with van der Waals surface area (Å²) in [6, 6.07) is 4.25. The highest BCUT2D eigenvalue weighted by atomic mass is 35.5. The maximum atomic E-state index is 13.8. The Labute approximate surface area is 171 Å². The summed E-state index contributed by atoms with van der Waals surface area (Å²) < 4.78 is 60.2. The molecule has 0 amide bonds. The Morgan fingerprint density at radius 3 is 2.55 bits per heavy atom. The number of aromatic amines is 1. The van der Waals surface area contributed by atoms with Crippen molar-refractivity contribution in [3.63, 3.8) is 0 Å². The van der Waals surface area contributed by atoms with Crippen LogP contribution in [-0.4, -0.2) is 40.6 Å². The lowest BCUT2D eigenvalue weighted by Crippen LogP contribution is -2.51. The van der Waals surface area contributed by atoms with Gasteiger partial charge < -0.3 is 23.9 Å². The number of halogens is 4. The van der Waals surface area contributed by atoms with Crippen LogP contribution in [0.2, 0.25) is 0 Å². The molecular formula is C17H13ClF3N3O4S. The standard InChI is InChI=1S/C17H13ClF3N3O4S/c1-25-11-3-8(22-6-14(11)26-2)7-29-15-23-9-4-12-13(5-10(9)24-15)28-17(20,21)16(18,19)27-12/h3-6H,7H2,1-2H3,(H,23,24). The second-order valence-corrected chi connectivity index (χ2v) is 7.37. The van der Waals surface area contributed by atoms with Crippen molar-refractivity contribution in [3.05, 3.63) is 30.1 Å².